The molecule has 1 aliphatic rings. The molecular weight excluding hydrogens is 336 g/mol. The van der Waals surface area contributed by atoms with Gasteiger partial charge in [-0.15, -0.1) is 0 Å². The van der Waals surface area contributed by atoms with Crippen LogP contribution in [-0.2, 0) is 9.59 Å². The van der Waals surface area contributed by atoms with Crippen molar-refractivity contribution in [1.29, 1.82) is 0 Å². The van der Waals surface area contributed by atoms with Crippen LogP contribution in [-0.4, -0.2) is 30.9 Å². The number of carbonyl (C=O) groups is 3. The second-order valence-corrected chi connectivity index (χ2v) is 5.96. The van der Waals surface area contributed by atoms with Crippen LogP contribution < -0.4 is 20.1 Å². The Morgan fingerprint density at radius 3 is 2.65 bits per heavy atom. The molecule has 7 nitrogen and oxygen atoms in total. The molecule has 0 unspecified atom stereocenters. The fraction of sp³-hybridized carbons (Fsp3) is 0.211. The molecule has 1 fully saturated rings. The molecule has 1 aliphatic heterocycles. The molecule has 1 N–H and O–H groups in total. The van der Waals surface area contributed by atoms with Crippen molar-refractivity contribution in [3.63, 3.8) is 0 Å². The number of rotatable bonds is 5. The average Bonchev–Trinajstić information content (AvgIpc) is 2.90. The molecule has 2 aromatic rings. The molecule has 7 heteroatoms. The van der Waals surface area contributed by atoms with Gasteiger partial charge in [-0.05, 0) is 36.2 Å². The molecule has 26 heavy (non-hydrogen) atoms. The van der Waals surface area contributed by atoms with Gasteiger partial charge in [0.15, 0.2) is 0 Å². The lowest BCUT2D eigenvalue weighted by Crippen LogP contribution is -2.35. The Hall–Kier alpha value is -3.35. The lowest BCUT2D eigenvalue weighted by molar-refractivity contribution is -0.255. The number of ether oxygens (including phenoxy) is 1. The van der Waals surface area contributed by atoms with E-state index in [-0.39, 0.29) is 17.9 Å². The number of carboxylic acids is 1. The number of carbonyl (C=O) groups excluding carboxylic acids is 3. The maximum Gasteiger partial charge on any atom is 0.256 e. The van der Waals surface area contributed by atoms with Crippen molar-refractivity contribution in [3.8, 4) is 5.75 Å². The summed E-state index contributed by atoms with van der Waals surface area (Å²) in [7, 11) is 1.47. The van der Waals surface area contributed by atoms with E-state index in [1.54, 1.807) is 37.3 Å². The smallest absolute Gasteiger partial charge is 0.256 e. The van der Waals surface area contributed by atoms with E-state index < -0.39 is 17.9 Å². The van der Waals surface area contributed by atoms with E-state index in [0.717, 1.165) is 10.5 Å². The average molecular weight is 353 g/mol. The Morgan fingerprint density at radius 2 is 1.96 bits per heavy atom. The predicted molar refractivity (Wildman–Crippen MR) is 93.0 cm³/mol. The topological polar surface area (TPSA) is 98.8 Å². The van der Waals surface area contributed by atoms with Crippen molar-refractivity contribution < 1.29 is 24.2 Å². The van der Waals surface area contributed by atoms with Crippen LogP contribution in [0.1, 0.15) is 22.3 Å². The fourth-order valence-corrected chi connectivity index (χ4v) is 2.90. The maximum atomic E-state index is 12.8. The quantitative estimate of drug-likeness (QED) is 0.809. The van der Waals surface area contributed by atoms with Gasteiger partial charge in [0.25, 0.3) is 5.91 Å². The second-order valence-electron chi connectivity index (χ2n) is 5.96. The van der Waals surface area contributed by atoms with Gasteiger partial charge in [0.2, 0.25) is 5.91 Å². The lowest BCUT2D eigenvalue weighted by atomic mass is 10.1. The summed E-state index contributed by atoms with van der Waals surface area (Å²) in [5.74, 6) is -1.66. The van der Waals surface area contributed by atoms with Crippen molar-refractivity contribution in [3.05, 3.63) is 53.6 Å². The Kier molecular flexibility index (Phi) is 4.62. The Bertz CT molecular complexity index is 893. The van der Waals surface area contributed by atoms with E-state index in [9.17, 15) is 19.5 Å². The molecule has 1 atom stereocenters. The van der Waals surface area contributed by atoms with Crippen LogP contribution in [0.4, 0.5) is 11.4 Å². The first-order chi connectivity index (χ1) is 12.4. The van der Waals surface area contributed by atoms with Crippen LogP contribution in [0.2, 0.25) is 0 Å². The van der Waals surface area contributed by atoms with Crippen LogP contribution in [0.5, 0.6) is 5.75 Å². The molecule has 3 rings (SSSR count). The third-order valence-electron chi connectivity index (χ3n) is 4.28. The molecule has 2 amide bonds. The van der Waals surface area contributed by atoms with Crippen LogP contribution in [0.15, 0.2) is 42.5 Å². The zero-order chi connectivity index (χ0) is 18.8. The first-order valence-corrected chi connectivity index (χ1v) is 8.00. The van der Waals surface area contributed by atoms with Gasteiger partial charge < -0.3 is 20.0 Å². The number of imide groups is 1. The molecule has 134 valence electrons. The molecule has 0 aliphatic carbocycles. The van der Waals surface area contributed by atoms with Crippen LogP contribution in [0.25, 0.3) is 0 Å². The summed E-state index contributed by atoms with van der Waals surface area (Å²) in [6.07, 6.45) is -0.0358. The van der Waals surface area contributed by atoms with Gasteiger partial charge in [-0.3, -0.25) is 9.59 Å². The molecule has 0 aromatic heterocycles. The summed E-state index contributed by atoms with van der Waals surface area (Å²) in [6.45, 7) is 1.78. The second kappa shape index (κ2) is 6.87. The summed E-state index contributed by atoms with van der Waals surface area (Å²) in [4.78, 5) is 37.3. The number of anilines is 2. The van der Waals surface area contributed by atoms with Crippen molar-refractivity contribution >= 4 is 29.2 Å². The Labute approximate surface area is 150 Å². The van der Waals surface area contributed by atoms with E-state index in [1.165, 1.54) is 19.2 Å². The van der Waals surface area contributed by atoms with Crippen molar-refractivity contribution in [2.75, 3.05) is 17.3 Å². The van der Waals surface area contributed by atoms with Crippen molar-refractivity contribution in [2.24, 2.45) is 0 Å². The Balaban J connectivity index is 1.88. The van der Waals surface area contributed by atoms with Gasteiger partial charge in [0.05, 0.1) is 25.2 Å². The van der Waals surface area contributed by atoms with Gasteiger partial charge in [-0.1, -0.05) is 24.3 Å². The summed E-state index contributed by atoms with van der Waals surface area (Å²) < 4.78 is 5.23. The minimum absolute atomic E-state index is 0.00328. The van der Waals surface area contributed by atoms with E-state index in [2.05, 4.69) is 5.32 Å². The molecule has 2 aromatic carbocycles. The molecule has 0 bridgehead atoms. The van der Waals surface area contributed by atoms with Crippen LogP contribution >= 0.6 is 0 Å². The minimum atomic E-state index is -1.31. The lowest BCUT2D eigenvalue weighted by Gasteiger charge is -2.19. The SMILES string of the molecule is COc1ccccc1N1C(=O)C[C@H](Nc2cc(C(=O)[O-])ccc2C)C1=O. The summed E-state index contributed by atoms with van der Waals surface area (Å²) in [5.41, 5.74) is 1.61. The molecule has 0 radical (unpaired) electrons. The number of aromatic carboxylic acids is 1. The van der Waals surface area contributed by atoms with Crippen LogP contribution in [0.3, 0.4) is 0 Å². The number of hydrogen-bond donors (Lipinski definition) is 1. The normalized spacial score (nSPS) is 16.7. The van der Waals surface area contributed by atoms with E-state index in [4.69, 9.17) is 4.74 Å². The number of nitrogens with one attached hydrogen (secondary N) is 1. The minimum Gasteiger partial charge on any atom is -0.545 e. The maximum absolute atomic E-state index is 12.8. The first kappa shape index (κ1) is 17.5. The number of carboxylic acid groups (broad SMARTS) is 1. The summed E-state index contributed by atoms with van der Waals surface area (Å²) in [5, 5.41) is 14.0. The third-order valence-corrected chi connectivity index (χ3v) is 4.28. The fourth-order valence-electron chi connectivity index (χ4n) is 2.90. The molecular formula is C19H17N2O5-. The van der Waals surface area contributed by atoms with E-state index >= 15 is 0 Å². The van der Waals surface area contributed by atoms with E-state index in [1.807, 2.05) is 0 Å². The van der Waals surface area contributed by atoms with Gasteiger partial charge in [0, 0.05) is 5.69 Å². The summed E-state index contributed by atoms with van der Waals surface area (Å²) in [6, 6.07) is 10.4. The standard InChI is InChI=1S/C19H18N2O5/c1-11-7-8-12(19(24)25)9-13(11)20-14-10-17(22)21(18(14)23)15-5-3-4-6-16(15)26-2/h3-9,14,20H,10H2,1-2H3,(H,24,25)/p-1/t14-/m0/s1. The van der Waals surface area contributed by atoms with Gasteiger partial charge in [-0.25, -0.2) is 4.90 Å². The zero-order valence-corrected chi connectivity index (χ0v) is 14.3. The summed E-state index contributed by atoms with van der Waals surface area (Å²) >= 11 is 0. The molecule has 1 heterocycles. The molecule has 1 saturated heterocycles. The zero-order valence-electron chi connectivity index (χ0n) is 14.3. The highest BCUT2D eigenvalue weighted by atomic mass is 16.5. The van der Waals surface area contributed by atoms with Crippen molar-refractivity contribution in [2.45, 2.75) is 19.4 Å². The number of para-hydroxylation sites is 2. The van der Waals surface area contributed by atoms with Gasteiger partial charge in [-0.2, -0.15) is 0 Å². The molecule has 0 saturated carbocycles. The third kappa shape index (κ3) is 3.11. The van der Waals surface area contributed by atoms with E-state index in [0.29, 0.717) is 17.1 Å². The predicted octanol–water partition coefficient (Wildman–Crippen LogP) is 1.11. The molecule has 0 spiro atoms. The highest BCUT2D eigenvalue weighted by Gasteiger charge is 2.40. The van der Waals surface area contributed by atoms with Crippen LogP contribution in [0, 0.1) is 6.92 Å². The highest BCUT2D eigenvalue weighted by Crippen LogP contribution is 2.32. The monoisotopic (exact) mass is 353 g/mol. The largest absolute Gasteiger partial charge is 0.545 e. The number of aryl methyl sites for hydroxylation is 1. The number of benzene rings is 2. The Morgan fingerprint density at radius 1 is 1.23 bits per heavy atom. The van der Waals surface area contributed by atoms with Gasteiger partial charge >= 0.3 is 0 Å². The highest BCUT2D eigenvalue weighted by molar-refractivity contribution is 6.23. The number of amides is 2. The number of hydrogen-bond acceptors (Lipinski definition) is 6. The van der Waals surface area contributed by atoms with Crippen molar-refractivity contribution in [1.82, 2.24) is 0 Å². The number of methoxy groups -OCH3 is 1. The van der Waals surface area contributed by atoms with Gasteiger partial charge in [0.1, 0.15) is 11.8 Å². The number of nitrogens with zero attached hydrogens (tertiary/aromatic N) is 1. The first-order valence-electron chi connectivity index (χ1n) is 8.00.